The molecule has 0 aliphatic heterocycles. The molecule has 4 nitrogen and oxygen atoms in total. The summed E-state index contributed by atoms with van der Waals surface area (Å²) >= 11 is 1.68. The fourth-order valence-corrected chi connectivity index (χ4v) is 3.38. The van der Waals surface area contributed by atoms with Crippen LogP contribution in [0.2, 0.25) is 0 Å². The summed E-state index contributed by atoms with van der Waals surface area (Å²) in [5, 5.41) is 6.54. The molecule has 0 saturated heterocycles. The summed E-state index contributed by atoms with van der Waals surface area (Å²) in [6, 6.07) is 22.4. The minimum atomic E-state index is 0.577. The summed E-state index contributed by atoms with van der Waals surface area (Å²) in [4.78, 5) is 5.66. The maximum absolute atomic E-state index is 5.38. The molecule has 1 heterocycles. The number of hydrogen-bond donors (Lipinski definition) is 0. The Kier molecular flexibility index (Phi) is 4.39. The fraction of sp³-hybridized carbons (Fsp3) is 0.100. The lowest BCUT2D eigenvalue weighted by molar-refractivity contribution is 0.391. The van der Waals surface area contributed by atoms with Crippen molar-refractivity contribution in [3.05, 3.63) is 72.6 Å². The van der Waals surface area contributed by atoms with Crippen LogP contribution in [0.4, 0.5) is 0 Å². The van der Waals surface area contributed by atoms with E-state index >= 15 is 0 Å². The number of benzene rings is 3. The molecule has 0 saturated carbocycles. The minimum Gasteiger partial charge on any atom is -0.497 e. The first-order valence-corrected chi connectivity index (χ1v) is 8.89. The van der Waals surface area contributed by atoms with E-state index in [1.807, 2.05) is 30.3 Å². The molecule has 0 atom stereocenters. The van der Waals surface area contributed by atoms with Crippen LogP contribution < -0.4 is 4.74 Å². The molecular formula is C20H16N2O2S. The molecule has 4 rings (SSSR count). The van der Waals surface area contributed by atoms with Gasteiger partial charge in [0.15, 0.2) is 0 Å². The first-order chi connectivity index (χ1) is 12.3. The third-order valence-electron chi connectivity index (χ3n) is 3.88. The lowest BCUT2D eigenvalue weighted by atomic mass is 10.1. The van der Waals surface area contributed by atoms with Crippen LogP contribution >= 0.6 is 11.8 Å². The lowest BCUT2D eigenvalue weighted by Crippen LogP contribution is -1.86. The van der Waals surface area contributed by atoms with Gasteiger partial charge in [0.2, 0.25) is 11.7 Å². The van der Waals surface area contributed by atoms with E-state index in [0.29, 0.717) is 17.5 Å². The van der Waals surface area contributed by atoms with Gasteiger partial charge in [-0.25, -0.2) is 0 Å². The van der Waals surface area contributed by atoms with Gasteiger partial charge in [0.05, 0.1) is 12.9 Å². The zero-order valence-corrected chi connectivity index (χ0v) is 14.5. The van der Waals surface area contributed by atoms with E-state index < -0.39 is 0 Å². The highest BCUT2D eigenvalue weighted by Crippen LogP contribution is 2.27. The zero-order valence-electron chi connectivity index (χ0n) is 13.7. The molecule has 1 aromatic heterocycles. The van der Waals surface area contributed by atoms with Crippen LogP contribution in [-0.2, 0) is 5.75 Å². The zero-order chi connectivity index (χ0) is 17.1. The molecule has 0 aliphatic rings. The second-order valence-corrected chi connectivity index (χ2v) is 6.59. The first-order valence-electron chi connectivity index (χ1n) is 7.90. The molecule has 0 radical (unpaired) electrons. The summed E-state index contributed by atoms with van der Waals surface area (Å²) in [7, 11) is 1.64. The Hall–Kier alpha value is -2.79. The average molecular weight is 348 g/mol. The molecule has 0 N–H and O–H groups in total. The van der Waals surface area contributed by atoms with E-state index in [0.717, 1.165) is 11.3 Å². The highest BCUT2D eigenvalue weighted by atomic mass is 32.2. The van der Waals surface area contributed by atoms with Crippen molar-refractivity contribution in [2.45, 2.75) is 10.6 Å². The Morgan fingerprint density at radius 2 is 1.84 bits per heavy atom. The van der Waals surface area contributed by atoms with Crippen LogP contribution in [-0.4, -0.2) is 17.3 Å². The number of aromatic nitrogens is 2. The van der Waals surface area contributed by atoms with E-state index in [1.165, 1.54) is 15.7 Å². The van der Waals surface area contributed by atoms with Gasteiger partial charge in [-0.05, 0) is 35.0 Å². The molecule has 0 fully saturated rings. The van der Waals surface area contributed by atoms with E-state index in [9.17, 15) is 0 Å². The van der Waals surface area contributed by atoms with Crippen LogP contribution in [0.5, 0.6) is 5.75 Å². The number of nitrogens with zero attached hydrogens (tertiary/aromatic N) is 2. The Bertz CT molecular complexity index is 1010. The van der Waals surface area contributed by atoms with Gasteiger partial charge in [-0.15, -0.1) is 11.8 Å². The van der Waals surface area contributed by atoms with Crippen molar-refractivity contribution in [1.29, 1.82) is 0 Å². The van der Waals surface area contributed by atoms with Crippen LogP contribution in [0.1, 0.15) is 5.89 Å². The number of ether oxygens (including phenoxy) is 1. The first kappa shape index (κ1) is 15.7. The van der Waals surface area contributed by atoms with Gasteiger partial charge < -0.3 is 9.26 Å². The van der Waals surface area contributed by atoms with Crippen molar-refractivity contribution >= 4 is 22.5 Å². The number of hydrogen-bond acceptors (Lipinski definition) is 5. The van der Waals surface area contributed by atoms with Gasteiger partial charge in [0, 0.05) is 10.5 Å². The van der Waals surface area contributed by atoms with E-state index in [-0.39, 0.29) is 0 Å². The van der Waals surface area contributed by atoms with E-state index in [4.69, 9.17) is 9.26 Å². The fourth-order valence-electron chi connectivity index (χ4n) is 2.60. The summed E-state index contributed by atoms with van der Waals surface area (Å²) in [5.74, 6) is 2.59. The summed E-state index contributed by atoms with van der Waals surface area (Å²) in [6.45, 7) is 0. The van der Waals surface area contributed by atoms with Crippen LogP contribution in [0.3, 0.4) is 0 Å². The Morgan fingerprint density at radius 1 is 0.960 bits per heavy atom. The van der Waals surface area contributed by atoms with Crippen molar-refractivity contribution in [2.24, 2.45) is 0 Å². The molecule has 4 aromatic rings. The van der Waals surface area contributed by atoms with Crippen molar-refractivity contribution in [3.8, 4) is 17.1 Å². The number of fused-ring (bicyclic) bond motifs is 1. The second-order valence-electron chi connectivity index (χ2n) is 5.54. The molecule has 0 spiro atoms. The van der Waals surface area contributed by atoms with Gasteiger partial charge in [-0.2, -0.15) is 4.98 Å². The molecule has 124 valence electrons. The normalized spacial score (nSPS) is 10.9. The molecule has 3 aromatic carbocycles. The van der Waals surface area contributed by atoms with Crippen molar-refractivity contribution < 1.29 is 9.26 Å². The average Bonchev–Trinajstić information content (AvgIpc) is 3.15. The van der Waals surface area contributed by atoms with Gasteiger partial charge in [-0.3, -0.25) is 0 Å². The highest BCUT2D eigenvalue weighted by Gasteiger charge is 2.10. The van der Waals surface area contributed by atoms with Crippen molar-refractivity contribution in [2.75, 3.05) is 7.11 Å². The second kappa shape index (κ2) is 6.99. The third kappa shape index (κ3) is 3.51. The molecule has 5 heteroatoms. The SMILES string of the molecule is COc1cccc(-c2noc(CSc3ccc4ccccc4c3)n2)c1. The monoisotopic (exact) mass is 348 g/mol. The maximum Gasteiger partial charge on any atom is 0.237 e. The van der Waals surface area contributed by atoms with Gasteiger partial charge in [0.25, 0.3) is 0 Å². The number of rotatable bonds is 5. The third-order valence-corrected chi connectivity index (χ3v) is 4.86. The minimum absolute atomic E-state index is 0.577. The smallest absolute Gasteiger partial charge is 0.237 e. The van der Waals surface area contributed by atoms with E-state index in [1.54, 1.807) is 18.9 Å². The van der Waals surface area contributed by atoms with Crippen LogP contribution in [0.15, 0.2) is 76.1 Å². The van der Waals surface area contributed by atoms with Gasteiger partial charge >= 0.3 is 0 Å². The topological polar surface area (TPSA) is 48.2 Å². The molecular weight excluding hydrogens is 332 g/mol. The van der Waals surface area contributed by atoms with Crippen LogP contribution in [0.25, 0.3) is 22.2 Å². The summed E-state index contributed by atoms with van der Waals surface area (Å²) < 4.78 is 10.6. The predicted octanol–water partition coefficient (Wildman–Crippen LogP) is 5.19. The van der Waals surface area contributed by atoms with Gasteiger partial charge in [0.1, 0.15) is 5.75 Å². The molecule has 25 heavy (non-hydrogen) atoms. The highest BCUT2D eigenvalue weighted by molar-refractivity contribution is 7.98. The summed E-state index contributed by atoms with van der Waals surface area (Å²) in [5.41, 5.74) is 0.880. The Balaban J connectivity index is 1.48. The Morgan fingerprint density at radius 3 is 2.72 bits per heavy atom. The summed E-state index contributed by atoms with van der Waals surface area (Å²) in [6.07, 6.45) is 0. The molecule has 0 aliphatic carbocycles. The van der Waals surface area contributed by atoms with Crippen molar-refractivity contribution in [3.63, 3.8) is 0 Å². The maximum atomic E-state index is 5.38. The quantitative estimate of drug-likeness (QED) is 0.464. The van der Waals surface area contributed by atoms with Gasteiger partial charge in [-0.1, -0.05) is 47.6 Å². The van der Waals surface area contributed by atoms with E-state index in [2.05, 4.69) is 46.5 Å². The standard InChI is InChI=1S/C20H16N2O2S/c1-23-17-8-4-7-16(11-17)20-21-19(24-22-20)13-25-18-10-9-14-5-2-3-6-15(14)12-18/h2-12H,13H2,1H3. The largest absolute Gasteiger partial charge is 0.497 e. The Labute approximate surface area is 149 Å². The molecule has 0 amide bonds. The lowest BCUT2D eigenvalue weighted by Gasteiger charge is -2.01. The number of thioether (sulfide) groups is 1. The molecule has 0 bridgehead atoms. The predicted molar refractivity (Wildman–Crippen MR) is 99.8 cm³/mol. The number of methoxy groups -OCH3 is 1. The van der Waals surface area contributed by atoms with Crippen molar-refractivity contribution in [1.82, 2.24) is 10.1 Å². The van der Waals surface area contributed by atoms with Crippen LogP contribution in [0, 0.1) is 0 Å². The molecule has 0 unspecified atom stereocenters.